The number of likely N-dealkylation sites (tertiary alicyclic amines) is 1. The zero-order valence-electron chi connectivity index (χ0n) is 13.6. The lowest BCUT2D eigenvalue weighted by Gasteiger charge is -2.32. The maximum absolute atomic E-state index is 12.3. The molecule has 0 radical (unpaired) electrons. The SMILES string of the molecule is O=C(O)C1CC2CCCCC2N1CCNS(=O)(=O)c1ccccc1. The van der Waals surface area contributed by atoms with Gasteiger partial charge in [-0.25, -0.2) is 13.1 Å². The summed E-state index contributed by atoms with van der Waals surface area (Å²) in [6.45, 7) is 0.661. The summed E-state index contributed by atoms with van der Waals surface area (Å²) in [7, 11) is -3.54. The third-order valence-electron chi connectivity index (χ3n) is 5.22. The molecule has 1 saturated heterocycles. The van der Waals surface area contributed by atoms with E-state index in [4.69, 9.17) is 0 Å². The van der Waals surface area contributed by atoms with E-state index in [1.807, 2.05) is 4.90 Å². The van der Waals surface area contributed by atoms with Gasteiger partial charge in [-0.3, -0.25) is 9.69 Å². The second kappa shape index (κ2) is 7.21. The van der Waals surface area contributed by atoms with E-state index in [1.54, 1.807) is 30.3 Å². The van der Waals surface area contributed by atoms with Gasteiger partial charge in [0.15, 0.2) is 0 Å². The minimum absolute atomic E-state index is 0.226. The van der Waals surface area contributed by atoms with Crippen LogP contribution >= 0.6 is 0 Å². The molecule has 24 heavy (non-hydrogen) atoms. The van der Waals surface area contributed by atoms with Gasteiger partial charge in [-0.1, -0.05) is 31.0 Å². The third-order valence-corrected chi connectivity index (χ3v) is 6.70. The van der Waals surface area contributed by atoms with Crippen LogP contribution in [0.2, 0.25) is 0 Å². The van der Waals surface area contributed by atoms with Crippen LogP contribution in [0.15, 0.2) is 35.2 Å². The fraction of sp³-hybridized carbons (Fsp3) is 0.588. The van der Waals surface area contributed by atoms with Crippen LogP contribution in [0.25, 0.3) is 0 Å². The lowest BCUT2D eigenvalue weighted by Crippen LogP contribution is -2.46. The van der Waals surface area contributed by atoms with E-state index in [1.165, 1.54) is 6.42 Å². The number of hydrogen-bond donors (Lipinski definition) is 2. The van der Waals surface area contributed by atoms with Gasteiger partial charge in [0.1, 0.15) is 6.04 Å². The Balaban J connectivity index is 1.63. The third kappa shape index (κ3) is 3.63. The summed E-state index contributed by atoms with van der Waals surface area (Å²) in [6, 6.07) is 8.03. The number of hydrogen-bond acceptors (Lipinski definition) is 4. The molecule has 7 heteroatoms. The Bertz CT molecular complexity index is 677. The highest BCUT2D eigenvalue weighted by atomic mass is 32.2. The summed E-state index contributed by atoms with van der Waals surface area (Å²) in [5, 5.41) is 9.49. The number of rotatable bonds is 6. The highest BCUT2D eigenvalue weighted by Crippen LogP contribution is 2.39. The Kier molecular flexibility index (Phi) is 5.22. The average Bonchev–Trinajstić information content (AvgIpc) is 2.95. The van der Waals surface area contributed by atoms with Crippen LogP contribution in [0.3, 0.4) is 0 Å². The standard InChI is InChI=1S/C17H24N2O4S/c20-17(21)16-12-13-6-4-5-9-15(13)19(16)11-10-18-24(22,23)14-7-2-1-3-8-14/h1-3,7-8,13,15-16,18H,4-6,9-12H2,(H,20,21). The summed E-state index contributed by atoms with van der Waals surface area (Å²) >= 11 is 0. The van der Waals surface area contributed by atoms with Crippen molar-refractivity contribution in [3.63, 3.8) is 0 Å². The molecule has 1 aromatic carbocycles. The molecule has 1 aliphatic carbocycles. The largest absolute Gasteiger partial charge is 0.480 e. The molecule has 1 aromatic rings. The Morgan fingerprint density at radius 1 is 1.21 bits per heavy atom. The molecule has 0 bridgehead atoms. The van der Waals surface area contributed by atoms with E-state index in [0.717, 1.165) is 19.3 Å². The fourth-order valence-corrected chi connectivity index (χ4v) is 5.15. The second-order valence-electron chi connectivity index (χ2n) is 6.65. The van der Waals surface area contributed by atoms with Gasteiger partial charge in [-0.05, 0) is 37.3 Å². The van der Waals surface area contributed by atoms with E-state index in [2.05, 4.69) is 4.72 Å². The maximum atomic E-state index is 12.3. The number of nitrogens with zero attached hydrogens (tertiary/aromatic N) is 1. The summed E-state index contributed by atoms with van der Waals surface area (Å²) < 4.78 is 27.1. The van der Waals surface area contributed by atoms with Crippen LogP contribution in [0, 0.1) is 5.92 Å². The molecular formula is C17H24N2O4S. The monoisotopic (exact) mass is 352 g/mol. The number of carboxylic acid groups (broad SMARTS) is 1. The highest BCUT2D eigenvalue weighted by molar-refractivity contribution is 7.89. The van der Waals surface area contributed by atoms with E-state index in [9.17, 15) is 18.3 Å². The zero-order chi connectivity index (χ0) is 17.2. The van der Waals surface area contributed by atoms with Gasteiger partial charge in [0.2, 0.25) is 10.0 Å². The first-order valence-corrected chi connectivity index (χ1v) is 10.0. The molecule has 0 amide bonds. The number of benzene rings is 1. The van der Waals surface area contributed by atoms with E-state index >= 15 is 0 Å². The molecular weight excluding hydrogens is 328 g/mol. The van der Waals surface area contributed by atoms with Crippen LogP contribution in [0.1, 0.15) is 32.1 Å². The Morgan fingerprint density at radius 3 is 2.62 bits per heavy atom. The van der Waals surface area contributed by atoms with E-state index in [0.29, 0.717) is 18.9 Å². The summed E-state index contributed by atoms with van der Waals surface area (Å²) in [5.41, 5.74) is 0. The number of nitrogens with one attached hydrogen (secondary N) is 1. The molecule has 1 aliphatic heterocycles. The van der Waals surface area contributed by atoms with Gasteiger partial charge in [0, 0.05) is 19.1 Å². The molecule has 3 atom stereocenters. The number of carbonyl (C=O) groups is 1. The molecule has 0 aromatic heterocycles. The molecule has 132 valence electrons. The van der Waals surface area contributed by atoms with Crippen molar-refractivity contribution in [2.75, 3.05) is 13.1 Å². The normalized spacial score (nSPS) is 27.8. The van der Waals surface area contributed by atoms with Crippen LogP contribution in [-0.4, -0.2) is 49.6 Å². The molecule has 2 fully saturated rings. The second-order valence-corrected chi connectivity index (χ2v) is 8.42. The molecule has 0 spiro atoms. The summed E-state index contributed by atoms with van der Waals surface area (Å²) in [5.74, 6) is -0.360. The van der Waals surface area contributed by atoms with Crippen molar-refractivity contribution in [1.29, 1.82) is 0 Å². The predicted molar refractivity (Wildman–Crippen MR) is 90.1 cm³/mol. The highest BCUT2D eigenvalue weighted by Gasteiger charge is 2.44. The molecule has 2 aliphatic rings. The van der Waals surface area contributed by atoms with Crippen molar-refractivity contribution in [3.05, 3.63) is 30.3 Å². The van der Waals surface area contributed by atoms with Crippen LogP contribution in [0.5, 0.6) is 0 Å². The lowest BCUT2D eigenvalue weighted by atomic mass is 9.85. The Hall–Kier alpha value is -1.44. The van der Waals surface area contributed by atoms with Crippen LogP contribution in [-0.2, 0) is 14.8 Å². The average molecular weight is 352 g/mol. The number of fused-ring (bicyclic) bond motifs is 1. The molecule has 1 heterocycles. The van der Waals surface area contributed by atoms with E-state index in [-0.39, 0.29) is 17.5 Å². The Morgan fingerprint density at radius 2 is 1.92 bits per heavy atom. The fourth-order valence-electron chi connectivity index (χ4n) is 4.11. The topological polar surface area (TPSA) is 86.7 Å². The van der Waals surface area contributed by atoms with Crippen molar-refractivity contribution in [2.45, 2.75) is 49.1 Å². The number of aliphatic carboxylic acids is 1. The van der Waals surface area contributed by atoms with Gasteiger partial charge in [0.05, 0.1) is 4.90 Å². The first-order valence-electron chi connectivity index (χ1n) is 8.52. The minimum atomic E-state index is -3.54. The molecule has 1 saturated carbocycles. The maximum Gasteiger partial charge on any atom is 0.320 e. The van der Waals surface area contributed by atoms with Gasteiger partial charge in [-0.15, -0.1) is 0 Å². The summed E-state index contributed by atoms with van der Waals surface area (Å²) in [4.78, 5) is 13.8. The smallest absolute Gasteiger partial charge is 0.320 e. The first kappa shape index (κ1) is 17.4. The molecule has 3 rings (SSSR count). The Labute approximate surface area is 142 Å². The molecule has 6 nitrogen and oxygen atoms in total. The van der Waals surface area contributed by atoms with Crippen molar-refractivity contribution in [1.82, 2.24) is 9.62 Å². The van der Waals surface area contributed by atoms with Gasteiger partial charge < -0.3 is 5.11 Å². The predicted octanol–water partition coefficient (Wildman–Crippen LogP) is 1.68. The zero-order valence-corrected chi connectivity index (χ0v) is 14.4. The van der Waals surface area contributed by atoms with Crippen molar-refractivity contribution in [3.8, 4) is 0 Å². The number of carboxylic acids is 1. The molecule has 2 N–H and O–H groups in total. The van der Waals surface area contributed by atoms with E-state index < -0.39 is 22.0 Å². The van der Waals surface area contributed by atoms with Crippen molar-refractivity contribution >= 4 is 16.0 Å². The van der Waals surface area contributed by atoms with Crippen molar-refractivity contribution < 1.29 is 18.3 Å². The lowest BCUT2D eigenvalue weighted by molar-refractivity contribution is -0.142. The van der Waals surface area contributed by atoms with Gasteiger partial charge in [0.25, 0.3) is 0 Å². The van der Waals surface area contributed by atoms with Gasteiger partial charge >= 0.3 is 5.97 Å². The van der Waals surface area contributed by atoms with Crippen molar-refractivity contribution in [2.24, 2.45) is 5.92 Å². The van der Waals surface area contributed by atoms with Crippen LogP contribution in [0.4, 0.5) is 0 Å². The molecule has 3 unspecified atom stereocenters. The van der Waals surface area contributed by atoms with Crippen LogP contribution < -0.4 is 4.72 Å². The number of sulfonamides is 1. The summed E-state index contributed by atoms with van der Waals surface area (Å²) in [6.07, 6.45) is 5.08. The first-order chi connectivity index (χ1) is 11.5. The quantitative estimate of drug-likeness (QED) is 0.813. The van der Waals surface area contributed by atoms with Gasteiger partial charge in [-0.2, -0.15) is 0 Å². The minimum Gasteiger partial charge on any atom is -0.480 e.